The second kappa shape index (κ2) is 11.1. The van der Waals surface area contributed by atoms with Crippen LogP contribution in [-0.2, 0) is 10.8 Å². The molecule has 2 aliphatic carbocycles. The molecule has 13 rings (SSSR count). The largest absolute Gasteiger partial charge is 0.335 e. The molecule has 58 heavy (non-hydrogen) atoms. The molecule has 1 aromatic heterocycles. The van der Waals surface area contributed by atoms with Crippen LogP contribution < -0.4 is 31.4 Å². The molecule has 4 aliphatic heterocycles. The molecule has 0 spiro atoms. The Kier molecular flexibility index (Phi) is 6.48. The Morgan fingerprint density at radius 3 is 2.16 bits per heavy atom. The summed E-state index contributed by atoms with van der Waals surface area (Å²) in [5, 5.41) is 4.18. The summed E-state index contributed by atoms with van der Waals surface area (Å²) < 4.78 is 2.68. The molecule has 0 bridgehead atoms. The standard InChI is InChI=1S/C53H50BN3Si/c1-50-26-13-14-27-51(50,2)57-46-31-35(56-44-25-12-10-22-39(44)53(34-18-7-6-8-19-34)29-16-15-28-52(53,56)3)30-45-47(46)54(42-33-36(58(4)5)32-40(50)49(42)57)41-23-17-21-38-37-20-9-11-24-43(37)55(45)48(38)41/h6-12,17-25,30-33H,4,13-16,26-29H2,1-3,5H3. The van der Waals surface area contributed by atoms with E-state index in [1.54, 1.807) is 5.56 Å². The zero-order chi connectivity index (χ0) is 38.9. The monoisotopic (exact) mass is 767 g/mol. The van der Waals surface area contributed by atoms with Gasteiger partial charge in [-0.25, -0.2) is 0 Å². The molecule has 2 fully saturated rings. The molecule has 5 heterocycles. The Balaban J connectivity index is 1.19. The van der Waals surface area contributed by atoms with Gasteiger partial charge in [-0.05, 0) is 102 Å². The maximum absolute atomic E-state index is 4.74. The van der Waals surface area contributed by atoms with Crippen LogP contribution >= 0.6 is 0 Å². The van der Waals surface area contributed by atoms with Crippen molar-refractivity contribution in [2.75, 3.05) is 9.80 Å². The van der Waals surface area contributed by atoms with Crippen LogP contribution in [0.5, 0.6) is 0 Å². The lowest BCUT2D eigenvalue weighted by Crippen LogP contribution is -2.64. The van der Waals surface area contributed by atoms with Crippen molar-refractivity contribution in [1.29, 1.82) is 0 Å². The van der Waals surface area contributed by atoms with Crippen molar-refractivity contribution in [1.82, 2.24) is 4.57 Å². The highest BCUT2D eigenvalue weighted by Crippen LogP contribution is 2.65. The van der Waals surface area contributed by atoms with Crippen LogP contribution in [0.3, 0.4) is 0 Å². The van der Waals surface area contributed by atoms with Crippen molar-refractivity contribution in [3.63, 3.8) is 0 Å². The molecule has 6 aromatic carbocycles. The smallest absolute Gasteiger partial charge is 0.252 e. The van der Waals surface area contributed by atoms with Crippen molar-refractivity contribution in [3.05, 3.63) is 138 Å². The van der Waals surface area contributed by atoms with Crippen LogP contribution in [0.2, 0.25) is 6.55 Å². The Morgan fingerprint density at radius 2 is 1.31 bits per heavy atom. The fraction of sp³-hybridized carbons (Fsp3) is 0.302. The molecule has 4 unspecified atom stereocenters. The van der Waals surface area contributed by atoms with Gasteiger partial charge in [0.05, 0.1) is 16.6 Å². The number of rotatable bonds is 3. The highest BCUT2D eigenvalue weighted by Gasteiger charge is 2.63. The van der Waals surface area contributed by atoms with Gasteiger partial charge >= 0.3 is 0 Å². The number of hydrogen-bond donors (Lipinski definition) is 0. The fourth-order valence-electron chi connectivity index (χ4n) is 14.2. The number of para-hydroxylation sites is 3. The predicted molar refractivity (Wildman–Crippen MR) is 249 cm³/mol. The van der Waals surface area contributed by atoms with Crippen molar-refractivity contribution < 1.29 is 0 Å². The maximum atomic E-state index is 4.74. The van der Waals surface area contributed by atoms with E-state index >= 15 is 0 Å². The van der Waals surface area contributed by atoms with Crippen LogP contribution in [0.15, 0.2) is 121 Å². The topological polar surface area (TPSA) is 11.4 Å². The molecule has 7 aromatic rings. The lowest BCUT2D eigenvalue weighted by Gasteiger charge is -2.54. The summed E-state index contributed by atoms with van der Waals surface area (Å²) >= 11 is 0. The van der Waals surface area contributed by atoms with Gasteiger partial charge in [0.1, 0.15) is 0 Å². The van der Waals surface area contributed by atoms with Gasteiger partial charge in [0, 0.05) is 64.0 Å². The number of nitrogens with zero attached hydrogens (tertiary/aromatic N) is 3. The molecule has 6 aliphatic rings. The SMILES string of the molecule is C=[Si](C)c1cc2c3c(c1)C1(C)CCCCC1(C)N3c1cc(N3c4ccccc4C4(c5ccccc5)CCCCC34C)cc3c1B2c1cccc2c4ccccc4n-3c12. The summed E-state index contributed by atoms with van der Waals surface area (Å²) in [4.78, 5) is 5.77. The zero-order valence-electron chi connectivity index (χ0n) is 34.3. The second-order valence-electron chi connectivity index (χ2n) is 19.4. The average Bonchev–Trinajstić information content (AvgIpc) is 3.79. The summed E-state index contributed by atoms with van der Waals surface area (Å²) in [5.41, 5.74) is 18.4. The first-order chi connectivity index (χ1) is 28.2. The summed E-state index contributed by atoms with van der Waals surface area (Å²) in [6.07, 6.45) is 14.5. The van der Waals surface area contributed by atoms with Crippen LogP contribution in [0.1, 0.15) is 88.8 Å². The summed E-state index contributed by atoms with van der Waals surface area (Å²) in [6.45, 7) is 10.4. The fourth-order valence-corrected chi connectivity index (χ4v) is 15.0. The van der Waals surface area contributed by atoms with Crippen LogP contribution in [-0.4, -0.2) is 36.9 Å². The lowest BCUT2D eigenvalue weighted by atomic mass is 9.33. The van der Waals surface area contributed by atoms with E-state index in [0.29, 0.717) is 0 Å². The van der Waals surface area contributed by atoms with Gasteiger partial charge in [0.2, 0.25) is 0 Å². The molecule has 0 N–H and O–H groups in total. The molecule has 284 valence electrons. The minimum atomic E-state index is -0.945. The van der Waals surface area contributed by atoms with Gasteiger partial charge in [0.15, 0.2) is 0 Å². The molecule has 5 heteroatoms. The number of aromatic nitrogens is 1. The van der Waals surface area contributed by atoms with Gasteiger partial charge in [0.25, 0.3) is 6.71 Å². The minimum absolute atomic E-state index is 0.0450. The Labute approximate surface area is 344 Å². The van der Waals surface area contributed by atoms with Crippen LogP contribution in [0, 0.1) is 0 Å². The minimum Gasteiger partial charge on any atom is -0.335 e. The first kappa shape index (κ1) is 33.8. The molecule has 2 saturated carbocycles. The zero-order valence-corrected chi connectivity index (χ0v) is 35.3. The third-order valence-electron chi connectivity index (χ3n) is 17.0. The van der Waals surface area contributed by atoms with Crippen molar-refractivity contribution >= 4 is 87.4 Å². The average molecular weight is 768 g/mol. The lowest BCUT2D eigenvalue weighted by molar-refractivity contribution is 0.195. The number of hydrogen-bond acceptors (Lipinski definition) is 2. The van der Waals surface area contributed by atoms with Gasteiger partial charge < -0.3 is 14.4 Å². The van der Waals surface area contributed by atoms with Crippen LogP contribution in [0.25, 0.3) is 27.5 Å². The predicted octanol–water partition coefficient (Wildman–Crippen LogP) is 9.78. The van der Waals surface area contributed by atoms with E-state index in [4.69, 9.17) is 6.17 Å². The molecule has 4 atom stereocenters. The van der Waals surface area contributed by atoms with Gasteiger partial charge in [-0.3, -0.25) is 0 Å². The molecule has 0 amide bonds. The molecule has 3 nitrogen and oxygen atoms in total. The highest BCUT2D eigenvalue weighted by molar-refractivity contribution is 7.00. The Morgan fingerprint density at radius 1 is 0.603 bits per heavy atom. The third-order valence-corrected chi connectivity index (χ3v) is 18.2. The second-order valence-corrected chi connectivity index (χ2v) is 21.6. The molecule has 0 radical (unpaired) electrons. The number of anilines is 4. The molecular weight excluding hydrogens is 718 g/mol. The normalized spacial score (nSPS) is 27.0. The molecular formula is C53H50BN3Si. The van der Waals surface area contributed by atoms with E-state index in [2.05, 4.69) is 163 Å². The van der Waals surface area contributed by atoms with Crippen molar-refractivity contribution in [2.45, 2.75) is 101 Å². The summed E-state index contributed by atoms with van der Waals surface area (Å²) in [7, 11) is -0.945. The Hall–Kier alpha value is -5.13. The quantitative estimate of drug-likeness (QED) is 0.166. The van der Waals surface area contributed by atoms with E-state index in [0.717, 1.165) is 12.8 Å². The van der Waals surface area contributed by atoms with E-state index < -0.39 is 8.41 Å². The van der Waals surface area contributed by atoms with Gasteiger partial charge in [-0.1, -0.05) is 136 Å². The highest BCUT2D eigenvalue weighted by atomic mass is 28.2. The summed E-state index contributed by atoms with van der Waals surface area (Å²) in [6, 6.07) is 47.9. The summed E-state index contributed by atoms with van der Waals surface area (Å²) in [5.74, 6) is 0. The first-order valence-electron chi connectivity index (χ1n) is 22.0. The third kappa shape index (κ3) is 3.70. The molecule has 0 saturated heterocycles. The van der Waals surface area contributed by atoms with Gasteiger partial charge in [-0.15, -0.1) is 6.17 Å². The number of benzene rings is 6. The van der Waals surface area contributed by atoms with E-state index in [9.17, 15) is 0 Å². The van der Waals surface area contributed by atoms with Crippen LogP contribution in [0.4, 0.5) is 22.7 Å². The van der Waals surface area contributed by atoms with Gasteiger partial charge in [-0.2, -0.15) is 0 Å². The number of fused-ring (bicyclic) bond motifs is 13. The van der Waals surface area contributed by atoms with E-state index in [1.165, 1.54) is 121 Å². The Bertz CT molecular complexity index is 2980. The van der Waals surface area contributed by atoms with E-state index in [1.807, 2.05) is 0 Å². The maximum Gasteiger partial charge on any atom is 0.252 e. The van der Waals surface area contributed by atoms with E-state index in [-0.39, 0.29) is 28.6 Å². The van der Waals surface area contributed by atoms with Crippen molar-refractivity contribution in [3.8, 4) is 5.69 Å². The first-order valence-corrected chi connectivity index (χ1v) is 24.2. The van der Waals surface area contributed by atoms with Crippen molar-refractivity contribution in [2.24, 2.45) is 0 Å².